The van der Waals surface area contributed by atoms with E-state index in [2.05, 4.69) is 0 Å². The van der Waals surface area contributed by atoms with Crippen LogP contribution < -0.4 is 11.3 Å². The van der Waals surface area contributed by atoms with E-state index in [0.29, 0.717) is 0 Å². The van der Waals surface area contributed by atoms with Gasteiger partial charge in [0, 0.05) is 0 Å². The molecule has 0 bridgehead atoms. The predicted molar refractivity (Wildman–Crippen MR) is 38.0 cm³/mol. The molecular weight excluding hydrogens is 166 g/mol. The van der Waals surface area contributed by atoms with Gasteiger partial charge in [0.05, 0.1) is 5.56 Å². The molecule has 0 fully saturated rings. The fourth-order valence-electron chi connectivity index (χ4n) is 0.757. The van der Waals surface area contributed by atoms with E-state index in [1.165, 1.54) is 6.07 Å². The van der Waals surface area contributed by atoms with Gasteiger partial charge in [-0.25, -0.2) is 14.6 Å². The van der Waals surface area contributed by atoms with Crippen LogP contribution in [0.15, 0.2) is 18.2 Å². The van der Waals surface area contributed by atoms with E-state index in [1.807, 2.05) is 0 Å². The monoisotopic (exact) mass is 172 g/mol. The highest BCUT2D eigenvalue weighted by Crippen LogP contribution is 2.10. The molecule has 1 amide bonds. The van der Waals surface area contributed by atoms with Crippen molar-refractivity contribution in [3.63, 3.8) is 0 Å². The third-order valence-electron chi connectivity index (χ3n) is 1.33. The van der Waals surface area contributed by atoms with Crippen molar-refractivity contribution < 1.29 is 13.6 Å². The van der Waals surface area contributed by atoms with Crippen molar-refractivity contribution in [2.75, 3.05) is 0 Å². The molecule has 1 rings (SSSR count). The Bertz CT molecular complexity index is 314. The Morgan fingerprint density at radius 1 is 1.42 bits per heavy atom. The van der Waals surface area contributed by atoms with E-state index in [4.69, 9.17) is 5.84 Å². The molecule has 3 nitrogen and oxygen atoms in total. The van der Waals surface area contributed by atoms with Crippen LogP contribution in [0.4, 0.5) is 8.78 Å². The zero-order valence-corrected chi connectivity index (χ0v) is 5.97. The molecule has 1 aromatic rings. The van der Waals surface area contributed by atoms with E-state index >= 15 is 0 Å². The minimum absolute atomic E-state index is 0.405. The average Bonchev–Trinajstić information content (AvgIpc) is 2.08. The van der Waals surface area contributed by atoms with E-state index < -0.39 is 23.1 Å². The molecule has 0 saturated carbocycles. The number of nitrogens with one attached hydrogen (secondary N) is 1. The normalized spacial score (nSPS) is 9.58. The van der Waals surface area contributed by atoms with Crippen LogP contribution in [0.2, 0.25) is 0 Å². The molecule has 0 aliphatic rings. The number of nitrogens with two attached hydrogens (primary N) is 1. The van der Waals surface area contributed by atoms with Gasteiger partial charge in [-0.15, -0.1) is 0 Å². The van der Waals surface area contributed by atoms with Crippen molar-refractivity contribution in [2.24, 2.45) is 5.84 Å². The highest BCUT2D eigenvalue weighted by Gasteiger charge is 2.12. The lowest BCUT2D eigenvalue weighted by atomic mass is 10.2. The number of carbonyl (C=O) groups is 1. The summed E-state index contributed by atoms with van der Waals surface area (Å²) in [5.74, 6) is 1.61. The largest absolute Gasteiger partial charge is 0.290 e. The average molecular weight is 172 g/mol. The van der Waals surface area contributed by atoms with Crippen molar-refractivity contribution in [3.8, 4) is 0 Å². The number of hydrazine groups is 1. The van der Waals surface area contributed by atoms with Gasteiger partial charge in [0.1, 0.15) is 0 Å². The zero-order chi connectivity index (χ0) is 9.14. The molecule has 0 saturated heterocycles. The molecule has 64 valence electrons. The number of amides is 1. The molecule has 12 heavy (non-hydrogen) atoms. The standard InChI is InChI=1S/C7H6F2N2O/c8-5-3-1-2-4(6(5)9)7(12)11-10/h1-3H,10H2,(H,11,12). The van der Waals surface area contributed by atoms with Gasteiger partial charge >= 0.3 is 0 Å². The number of nitrogen functional groups attached to an aromatic ring is 1. The summed E-state index contributed by atoms with van der Waals surface area (Å²) in [6, 6.07) is 3.28. The molecule has 0 heterocycles. The van der Waals surface area contributed by atoms with Gasteiger partial charge in [-0.3, -0.25) is 10.2 Å². The molecule has 0 aromatic heterocycles. The summed E-state index contributed by atoms with van der Waals surface area (Å²) < 4.78 is 25.2. The summed E-state index contributed by atoms with van der Waals surface area (Å²) in [4.78, 5) is 10.7. The predicted octanol–water partition coefficient (Wildman–Crippen LogP) is 0.568. The third kappa shape index (κ3) is 1.40. The van der Waals surface area contributed by atoms with Crippen LogP contribution in [0.3, 0.4) is 0 Å². The van der Waals surface area contributed by atoms with Gasteiger partial charge in [-0.1, -0.05) is 6.07 Å². The lowest BCUT2D eigenvalue weighted by Gasteiger charge is -2.00. The summed E-state index contributed by atoms with van der Waals surface area (Å²) in [5, 5.41) is 0. The van der Waals surface area contributed by atoms with Gasteiger partial charge in [-0.05, 0) is 12.1 Å². The summed E-state index contributed by atoms with van der Waals surface area (Å²) in [5.41, 5.74) is 1.30. The smallest absolute Gasteiger partial charge is 0.268 e. The van der Waals surface area contributed by atoms with Crippen LogP contribution in [-0.4, -0.2) is 5.91 Å². The Hall–Kier alpha value is -1.49. The van der Waals surface area contributed by atoms with Crippen LogP contribution in [0, 0.1) is 11.6 Å². The highest BCUT2D eigenvalue weighted by atomic mass is 19.2. The molecule has 0 aliphatic heterocycles. The van der Waals surface area contributed by atoms with E-state index in [1.54, 1.807) is 5.43 Å². The Morgan fingerprint density at radius 3 is 2.67 bits per heavy atom. The zero-order valence-electron chi connectivity index (χ0n) is 5.97. The summed E-state index contributed by atoms with van der Waals surface area (Å²) in [6.07, 6.45) is 0. The van der Waals surface area contributed by atoms with Crippen molar-refractivity contribution in [1.82, 2.24) is 5.43 Å². The molecule has 0 radical (unpaired) electrons. The first-order valence-electron chi connectivity index (χ1n) is 3.11. The van der Waals surface area contributed by atoms with Gasteiger partial charge in [0.25, 0.3) is 5.91 Å². The van der Waals surface area contributed by atoms with Crippen LogP contribution in [0.5, 0.6) is 0 Å². The van der Waals surface area contributed by atoms with Gasteiger partial charge in [0.2, 0.25) is 0 Å². The molecule has 3 N–H and O–H groups in total. The van der Waals surface area contributed by atoms with E-state index in [-0.39, 0.29) is 0 Å². The number of carbonyl (C=O) groups excluding carboxylic acids is 1. The first-order valence-corrected chi connectivity index (χ1v) is 3.11. The lowest BCUT2D eigenvalue weighted by molar-refractivity contribution is 0.0948. The maximum atomic E-state index is 12.7. The number of benzene rings is 1. The Labute approximate surface area is 67.1 Å². The van der Waals surface area contributed by atoms with Crippen LogP contribution >= 0.6 is 0 Å². The number of halogens is 2. The summed E-state index contributed by atoms with van der Waals surface area (Å²) in [6.45, 7) is 0. The molecular formula is C7H6F2N2O. The Balaban J connectivity index is 3.16. The van der Waals surface area contributed by atoms with Crippen molar-refractivity contribution in [1.29, 1.82) is 0 Å². The Kier molecular flexibility index (Phi) is 2.35. The maximum Gasteiger partial charge on any atom is 0.268 e. The first-order chi connectivity index (χ1) is 5.66. The minimum atomic E-state index is -1.19. The Morgan fingerprint density at radius 2 is 2.08 bits per heavy atom. The topological polar surface area (TPSA) is 55.1 Å². The van der Waals surface area contributed by atoms with Crippen LogP contribution in [0.25, 0.3) is 0 Å². The second-order valence-electron chi connectivity index (χ2n) is 2.07. The van der Waals surface area contributed by atoms with Gasteiger partial charge in [0.15, 0.2) is 11.6 Å². The lowest BCUT2D eigenvalue weighted by Crippen LogP contribution is -2.30. The van der Waals surface area contributed by atoms with Crippen LogP contribution in [-0.2, 0) is 0 Å². The van der Waals surface area contributed by atoms with Crippen LogP contribution in [0.1, 0.15) is 10.4 Å². The van der Waals surface area contributed by atoms with Gasteiger partial charge in [-0.2, -0.15) is 0 Å². The molecule has 1 aromatic carbocycles. The number of hydrogen-bond acceptors (Lipinski definition) is 2. The maximum absolute atomic E-state index is 12.7. The fraction of sp³-hybridized carbons (Fsp3) is 0. The minimum Gasteiger partial charge on any atom is -0.290 e. The van der Waals surface area contributed by atoms with Crippen molar-refractivity contribution in [3.05, 3.63) is 35.4 Å². The first kappa shape index (κ1) is 8.61. The SMILES string of the molecule is NNC(=O)c1cccc(F)c1F. The van der Waals surface area contributed by atoms with E-state index in [0.717, 1.165) is 12.1 Å². The van der Waals surface area contributed by atoms with Crippen molar-refractivity contribution in [2.45, 2.75) is 0 Å². The second kappa shape index (κ2) is 3.27. The van der Waals surface area contributed by atoms with Crippen molar-refractivity contribution >= 4 is 5.91 Å². The van der Waals surface area contributed by atoms with E-state index in [9.17, 15) is 13.6 Å². The van der Waals surface area contributed by atoms with Gasteiger partial charge < -0.3 is 0 Å². The molecule has 0 aliphatic carbocycles. The highest BCUT2D eigenvalue weighted by molar-refractivity contribution is 5.93. The molecule has 5 heteroatoms. The molecule has 0 unspecified atom stereocenters. The molecule has 0 spiro atoms. The third-order valence-corrected chi connectivity index (χ3v) is 1.33. The number of rotatable bonds is 1. The quantitative estimate of drug-likeness (QED) is 0.369. The summed E-state index contributed by atoms with van der Waals surface area (Å²) in [7, 11) is 0. The fourth-order valence-corrected chi connectivity index (χ4v) is 0.757. The number of hydrogen-bond donors (Lipinski definition) is 2. The summed E-state index contributed by atoms with van der Waals surface area (Å²) >= 11 is 0. The second-order valence-corrected chi connectivity index (χ2v) is 2.07. The molecule has 0 atom stereocenters.